The Morgan fingerprint density at radius 1 is 0.962 bits per heavy atom. The zero-order valence-electron chi connectivity index (χ0n) is 14.2. The van der Waals surface area contributed by atoms with Crippen molar-refractivity contribution in [2.45, 2.75) is 0 Å². The molecule has 0 unspecified atom stereocenters. The van der Waals surface area contributed by atoms with Gasteiger partial charge >= 0.3 is 0 Å². The van der Waals surface area contributed by atoms with Gasteiger partial charge in [0.25, 0.3) is 5.91 Å². The van der Waals surface area contributed by atoms with Crippen LogP contribution >= 0.6 is 11.6 Å². The standard InChI is InChI=1S/C20H19ClN4O/c21-16-6-4-5-15(13-16)18-14-19(23-22-18)20(26)25-11-9-24(10-12-25)17-7-2-1-3-8-17/h1-8,13-14H,9-12H2,(H,22,23). The number of nitrogens with zero attached hydrogens (tertiary/aromatic N) is 3. The van der Waals surface area contributed by atoms with Crippen molar-refractivity contribution in [2.75, 3.05) is 31.1 Å². The van der Waals surface area contributed by atoms with Gasteiger partial charge in [0.05, 0.1) is 5.69 Å². The van der Waals surface area contributed by atoms with Crippen LogP contribution in [0.5, 0.6) is 0 Å². The number of rotatable bonds is 3. The minimum atomic E-state index is -0.0153. The number of hydrogen-bond donors (Lipinski definition) is 1. The van der Waals surface area contributed by atoms with Crippen LogP contribution < -0.4 is 4.90 Å². The van der Waals surface area contributed by atoms with Gasteiger partial charge in [0.1, 0.15) is 5.69 Å². The van der Waals surface area contributed by atoms with E-state index in [1.54, 1.807) is 6.07 Å². The third-order valence-corrected chi connectivity index (χ3v) is 4.85. The summed E-state index contributed by atoms with van der Waals surface area (Å²) in [6.07, 6.45) is 0. The Balaban J connectivity index is 1.43. The molecule has 0 spiro atoms. The van der Waals surface area contributed by atoms with Crippen LogP contribution in [0, 0.1) is 0 Å². The third-order valence-electron chi connectivity index (χ3n) is 4.62. The van der Waals surface area contributed by atoms with Crippen molar-refractivity contribution in [1.29, 1.82) is 0 Å². The molecule has 1 N–H and O–H groups in total. The molecular weight excluding hydrogens is 348 g/mol. The molecule has 1 aliphatic rings. The molecule has 132 valence electrons. The van der Waals surface area contributed by atoms with Crippen LogP contribution in [0.2, 0.25) is 5.02 Å². The van der Waals surface area contributed by atoms with E-state index < -0.39 is 0 Å². The number of aromatic nitrogens is 2. The maximum atomic E-state index is 12.8. The molecule has 5 nitrogen and oxygen atoms in total. The average Bonchev–Trinajstić information content (AvgIpc) is 3.18. The lowest BCUT2D eigenvalue weighted by Crippen LogP contribution is -2.48. The lowest BCUT2D eigenvalue weighted by atomic mass is 10.1. The minimum absolute atomic E-state index is 0.0153. The summed E-state index contributed by atoms with van der Waals surface area (Å²) in [5, 5.41) is 7.78. The Kier molecular flexibility index (Phi) is 4.63. The van der Waals surface area contributed by atoms with Gasteiger partial charge in [0.2, 0.25) is 0 Å². The molecule has 0 bridgehead atoms. The van der Waals surface area contributed by atoms with Crippen LogP contribution in [0.1, 0.15) is 10.5 Å². The predicted molar refractivity (Wildman–Crippen MR) is 104 cm³/mol. The summed E-state index contributed by atoms with van der Waals surface area (Å²) >= 11 is 6.03. The number of benzene rings is 2. The molecule has 0 saturated carbocycles. The highest BCUT2D eigenvalue weighted by Crippen LogP contribution is 2.22. The van der Waals surface area contributed by atoms with Crippen molar-refractivity contribution in [1.82, 2.24) is 15.1 Å². The molecule has 1 amide bonds. The maximum Gasteiger partial charge on any atom is 0.272 e. The van der Waals surface area contributed by atoms with Crippen molar-refractivity contribution in [2.24, 2.45) is 0 Å². The number of H-pyrrole nitrogens is 1. The van der Waals surface area contributed by atoms with E-state index >= 15 is 0 Å². The first-order chi connectivity index (χ1) is 12.7. The fourth-order valence-electron chi connectivity index (χ4n) is 3.20. The van der Waals surface area contributed by atoms with Gasteiger partial charge in [-0.2, -0.15) is 5.10 Å². The first-order valence-corrected chi connectivity index (χ1v) is 8.99. The highest BCUT2D eigenvalue weighted by Gasteiger charge is 2.23. The van der Waals surface area contributed by atoms with Crippen molar-refractivity contribution in [3.8, 4) is 11.3 Å². The van der Waals surface area contributed by atoms with Gasteiger partial charge in [-0.05, 0) is 30.3 Å². The molecule has 1 aromatic heterocycles. The van der Waals surface area contributed by atoms with E-state index in [4.69, 9.17) is 11.6 Å². The number of anilines is 1. The largest absolute Gasteiger partial charge is 0.368 e. The van der Waals surface area contributed by atoms with E-state index in [1.165, 1.54) is 5.69 Å². The molecule has 0 atom stereocenters. The summed E-state index contributed by atoms with van der Waals surface area (Å²) in [7, 11) is 0. The number of nitrogens with one attached hydrogen (secondary N) is 1. The highest BCUT2D eigenvalue weighted by atomic mass is 35.5. The topological polar surface area (TPSA) is 52.2 Å². The molecule has 0 aliphatic carbocycles. The van der Waals surface area contributed by atoms with E-state index in [1.807, 2.05) is 47.4 Å². The second-order valence-electron chi connectivity index (χ2n) is 6.29. The number of aromatic amines is 1. The monoisotopic (exact) mass is 366 g/mol. The van der Waals surface area contributed by atoms with Crippen molar-refractivity contribution in [3.63, 3.8) is 0 Å². The Morgan fingerprint density at radius 2 is 1.73 bits per heavy atom. The predicted octanol–water partition coefficient (Wildman–Crippen LogP) is 3.69. The van der Waals surface area contributed by atoms with E-state index in [-0.39, 0.29) is 5.91 Å². The van der Waals surface area contributed by atoms with E-state index in [0.717, 1.165) is 24.3 Å². The van der Waals surface area contributed by atoms with Gasteiger partial charge < -0.3 is 9.80 Å². The number of carbonyl (C=O) groups is 1. The molecule has 4 rings (SSSR count). The fourth-order valence-corrected chi connectivity index (χ4v) is 3.39. The summed E-state index contributed by atoms with van der Waals surface area (Å²) in [5.74, 6) is -0.0153. The number of amides is 1. The summed E-state index contributed by atoms with van der Waals surface area (Å²) in [4.78, 5) is 16.9. The molecule has 2 heterocycles. The van der Waals surface area contributed by atoms with Gasteiger partial charge in [0, 0.05) is 42.5 Å². The summed E-state index contributed by atoms with van der Waals surface area (Å²) in [5.41, 5.74) is 3.32. The van der Waals surface area contributed by atoms with Crippen LogP contribution in [0.3, 0.4) is 0 Å². The van der Waals surface area contributed by atoms with Gasteiger partial charge in [-0.1, -0.05) is 41.9 Å². The van der Waals surface area contributed by atoms with Gasteiger partial charge in [-0.25, -0.2) is 0 Å². The molecular formula is C20H19ClN4O. The molecule has 2 aromatic carbocycles. The quantitative estimate of drug-likeness (QED) is 0.769. The van der Waals surface area contributed by atoms with E-state index in [9.17, 15) is 4.79 Å². The minimum Gasteiger partial charge on any atom is -0.368 e. The second-order valence-corrected chi connectivity index (χ2v) is 6.73. The lowest BCUT2D eigenvalue weighted by molar-refractivity contribution is 0.0741. The molecule has 3 aromatic rings. The van der Waals surface area contributed by atoms with Gasteiger partial charge in [-0.15, -0.1) is 0 Å². The summed E-state index contributed by atoms with van der Waals surface area (Å²) in [6.45, 7) is 3.04. The van der Waals surface area contributed by atoms with Gasteiger partial charge in [0.15, 0.2) is 0 Å². The molecule has 1 aliphatic heterocycles. The SMILES string of the molecule is O=C(c1cc(-c2cccc(Cl)c2)n[nH]1)N1CCN(c2ccccc2)CC1. The smallest absolute Gasteiger partial charge is 0.272 e. The number of piperazine rings is 1. The normalized spacial score (nSPS) is 14.5. The highest BCUT2D eigenvalue weighted by molar-refractivity contribution is 6.30. The zero-order chi connectivity index (χ0) is 17.9. The summed E-state index contributed by atoms with van der Waals surface area (Å²) < 4.78 is 0. The zero-order valence-corrected chi connectivity index (χ0v) is 15.0. The van der Waals surface area contributed by atoms with Crippen molar-refractivity contribution in [3.05, 3.63) is 71.4 Å². The first-order valence-electron chi connectivity index (χ1n) is 8.61. The Bertz CT molecular complexity index is 901. The number of hydrogen-bond acceptors (Lipinski definition) is 3. The van der Waals surface area contributed by atoms with E-state index in [0.29, 0.717) is 23.8 Å². The lowest BCUT2D eigenvalue weighted by Gasteiger charge is -2.35. The molecule has 1 saturated heterocycles. The molecule has 0 radical (unpaired) electrons. The Hall–Kier alpha value is -2.79. The van der Waals surface area contributed by atoms with Gasteiger partial charge in [-0.3, -0.25) is 9.89 Å². The van der Waals surface area contributed by atoms with Crippen LogP contribution in [0.15, 0.2) is 60.7 Å². The number of halogens is 1. The number of carbonyl (C=O) groups excluding carboxylic acids is 1. The molecule has 26 heavy (non-hydrogen) atoms. The Morgan fingerprint density at radius 3 is 2.46 bits per heavy atom. The van der Waals surface area contributed by atoms with Crippen LogP contribution in [-0.2, 0) is 0 Å². The first kappa shape index (κ1) is 16.7. The maximum absolute atomic E-state index is 12.8. The van der Waals surface area contributed by atoms with Crippen LogP contribution in [-0.4, -0.2) is 47.2 Å². The Labute approximate surface area is 157 Å². The molecule has 1 fully saturated rings. The fraction of sp³-hybridized carbons (Fsp3) is 0.200. The third kappa shape index (κ3) is 3.44. The van der Waals surface area contributed by atoms with Crippen LogP contribution in [0.25, 0.3) is 11.3 Å². The van der Waals surface area contributed by atoms with Crippen molar-refractivity contribution >= 4 is 23.2 Å². The van der Waals surface area contributed by atoms with Crippen LogP contribution in [0.4, 0.5) is 5.69 Å². The summed E-state index contributed by atoms with van der Waals surface area (Å²) in [6, 6.07) is 19.5. The average molecular weight is 367 g/mol. The van der Waals surface area contributed by atoms with Crippen molar-refractivity contribution < 1.29 is 4.79 Å². The number of para-hydroxylation sites is 1. The van der Waals surface area contributed by atoms with E-state index in [2.05, 4.69) is 27.2 Å². The molecule has 6 heteroatoms. The second kappa shape index (κ2) is 7.22.